The Kier molecular flexibility index (Phi) is 3.77. The topological polar surface area (TPSA) is 73.9 Å². The first-order chi connectivity index (χ1) is 8.28. The molecule has 0 fully saturated rings. The number of nitrogens with zero attached hydrogens (tertiary/aromatic N) is 3. The molecule has 88 valence electrons. The molecule has 2 rings (SSSR count). The molecule has 0 aliphatic heterocycles. The quantitative estimate of drug-likeness (QED) is 0.831. The molecule has 2 N–H and O–H groups in total. The van der Waals surface area contributed by atoms with E-state index in [1.807, 2.05) is 18.2 Å². The lowest BCUT2D eigenvalue weighted by Gasteiger charge is -2.03. The second-order valence-electron chi connectivity index (χ2n) is 3.24. The van der Waals surface area contributed by atoms with Gasteiger partial charge in [0.25, 0.3) is 0 Å². The number of hydrogen-bond donors (Lipinski definition) is 1. The van der Waals surface area contributed by atoms with Gasteiger partial charge in [-0.2, -0.15) is 15.0 Å². The number of ether oxygens (including phenoxy) is 1. The van der Waals surface area contributed by atoms with E-state index in [0.717, 1.165) is 5.75 Å². The van der Waals surface area contributed by atoms with E-state index < -0.39 is 0 Å². The summed E-state index contributed by atoms with van der Waals surface area (Å²) in [7, 11) is 1.50. The van der Waals surface area contributed by atoms with Crippen LogP contribution < -0.4 is 10.5 Å². The van der Waals surface area contributed by atoms with Crippen molar-refractivity contribution in [3.8, 4) is 6.01 Å². The lowest BCUT2D eigenvalue weighted by atomic mass is 10.2. The molecular formula is C11H12N4OS. The van der Waals surface area contributed by atoms with Crippen molar-refractivity contribution in [1.29, 1.82) is 0 Å². The lowest BCUT2D eigenvalue weighted by Crippen LogP contribution is -2.02. The van der Waals surface area contributed by atoms with E-state index >= 15 is 0 Å². The van der Waals surface area contributed by atoms with Gasteiger partial charge in [-0.25, -0.2) is 0 Å². The Hall–Kier alpha value is -1.82. The van der Waals surface area contributed by atoms with Crippen molar-refractivity contribution < 1.29 is 4.74 Å². The van der Waals surface area contributed by atoms with E-state index in [1.54, 1.807) is 0 Å². The third-order valence-electron chi connectivity index (χ3n) is 2.01. The Bertz CT molecular complexity index is 492. The maximum Gasteiger partial charge on any atom is 0.321 e. The van der Waals surface area contributed by atoms with Crippen molar-refractivity contribution >= 4 is 17.7 Å². The molecule has 0 saturated carbocycles. The molecule has 1 heterocycles. The lowest BCUT2D eigenvalue weighted by molar-refractivity contribution is 0.374. The second kappa shape index (κ2) is 5.49. The summed E-state index contributed by atoms with van der Waals surface area (Å²) in [6.45, 7) is 0. The average molecular weight is 248 g/mol. The van der Waals surface area contributed by atoms with Gasteiger partial charge >= 0.3 is 6.01 Å². The van der Waals surface area contributed by atoms with Gasteiger partial charge in [-0.15, -0.1) is 0 Å². The minimum atomic E-state index is 0.174. The summed E-state index contributed by atoms with van der Waals surface area (Å²) >= 11 is 1.49. The largest absolute Gasteiger partial charge is 0.467 e. The summed E-state index contributed by atoms with van der Waals surface area (Å²) in [6, 6.07) is 10.3. The molecule has 2 aromatic rings. The van der Waals surface area contributed by atoms with Crippen LogP contribution in [0.5, 0.6) is 6.01 Å². The first kappa shape index (κ1) is 11.7. The van der Waals surface area contributed by atoms with Gasteiger partial charge in [0.2, 0.25) is 5.95 Å². The van der Waals surface area contributed by atoms with Crippen LogP contribution in [0.1, 0.15) is 5.56 Å². The van der Waals surface area contributed by atoms with Gasteiger partial charge in [-0.1, -0.05) is 42.1 Å². The molecule has 0 spiro atoms. The van der Waals surface area contributed by atoms with Gasteiger partial charge in [-0.05, 0) is 5.56 Å². The maximum atomic E-state index is 5.55. The SMILES string of the molecule is COc1nc(N)nc(SCc2ccccc2)n1. The van der Waals surface area contributed by atoms with Crippen molar-refractivity contribution in [3.63, 3.8) is 0 Å². The Balaban J connectivity index is 2.06. The molecule has 0 amide bonds. The predicted molar refractivity (Wildman–Crippen MR) is 66.8 cm³/mol. The highest BCUT2D eigenvalue weighted by molar-refractivity contribution is 7.98. The molecule has 5 nitrogen and oxygen atoms in total. The molecule has 0 saturated heterocycles. The molecule has 0 bridgehead atoms. The number of benzene rings is 1. The maximum absolute atomic E-state index is 5.55. The third-order valence-corrected chi connectivity index (χ3v) is 2.92. The summed E-state index contributed by atoms with van der Waals surface area (Å²) in [5.74, 6) is 0.959. The van der Waals surface area contributed by atoms with Crippen LogP contribution in [0.25, 0.3) is 0 Å². The van der Waals surface area contributed by atoms with Crippen LogP contribution in [0, 0.1) is 0 Å². The molecule has 0 radical (unpaired) electrons. The fourth-order valence-corrected chi connectivity index (χ4v) is 2.02. The van der Waals surface area contributed by atoms with Gasteiger partial charge in [-0.3, -0.25) is 0 Å². The fraction of sp³-hybridized carbons (Fsp3) is 0.182. The number of thioether (sulfide) groups is 1. The van der Waals surface area contributed by atoms with Gasteiger partial charge in [0.15, 0.2) is 5.16 Å². The smallest absolute Gasteiger partial charge is 0.321 e. The number of nitrogens with two attached hydrogens (primary N) is 1. The first-order valence-electron chi connectivity index (χ1n) is 5.00. The van der Waals surface area contributed by atoms with E-state index in [2.05, 4.69) is 27.1 Å². The number of anilines is 1. The Morgan fingerprint density at radius 3 is 2.65 bits per heavy atom. The van der Waals surface area contributed by atoms with E-state index in [1.165, 1.54) is 24.4 Å². The minimum Gasteiger partial charge on any atom is -0.467 e. The summed E-state index contributed by atoms with van der Waals surface area (Å²) < 4.78 is 4.93. The number of rotatable bonds is 4. The van der Waals surface area contributed by atoms with Gasteiger partial charge in [0.1, 0.15) is 0 Å². The van der Waals surface area contributed by atoms with E-state index in [-0.39, 0.29) is 12.0 Å². The zero-order chi connectivity index (χ0) is 12.1. The van der Waals surface area contributed by atoms with Crippen molar-refractivity contribution in [2.75, 3.05) is 12.8 Å². The zero-order valence-corrected chi connectivity index (χ0v) is 10.1. The van der Waals surface area contributed by atoms with Gasteiger partial charge in [0.05, 0.1) is 7.11 Å². The van der Waals surface area contributed by atoms with Crippen molar-refractivity contribution in [3.05, 3.63) is 35.9 Å². The van der Waals surface area contributed by atoms with Gasteiger partial charge in [0, 0.05) is 5.75 Å². The zero-order valence-electron chi connectivity index (χ0n) is 9.33. The van der Waals surface area contributed by atoms with E-state index in [4.69, 9.17) is 10.5 Å². The number of nitrogen functional groups attached to an aromatic ring is 1. The highest BCUT2D eigenvalue weighted by Crippen LogP contribution is 2.20. The highest BCUT2D eigenvalue weighted by atomic mass is 32.2. The van der Waals surface area contributed by atoms with Crippen LogP contribution in [0.3, 0.4) is 0 Å². The molecule has 1 aromatic heterocycles. The monoisotopic (exact) mass is 248 g/mol. The molecule has 17 heavy (non-hydrogen) atoms. The molecular weight excluding hydrogens is 236 g/mol. The molecule has 0 aliphatic carbocycles. The van der Waals surface area contributed by atoms with Gasteiger partial charge < -0.3 is 10.5 Å². The molecule has 0 unspecified atom stereocenters. The summed E-state index contributed by atoms with van der Waals surface area (Å²) in [6.07, 6.45) is 0. The minimum absolute atomic E-state index is 0.174. The van der Waals surface area contributed by atoms with Crippen LogP contribution in [-0.4, -0.2) is 22.1 Å². The number of methoxy groups -OCH3 is 1. The van der Waals surface area contributed by atoms with E-state index in [9.17, 15) is 0 Å². The molecule has 1 aromatic carbocycles. The van der Waals surface area contributed by atoms with Crippen LogP contribution in [0.15, 0.2) is 35.5 Å². The van der Waals surface area contributed by atoms with Crippen LogP contribution in [0.2, 0.25) is 0 Å². The summed E-state index contributed by atoms with van der Waals surface area (Å²) in [5.41, 5.74) is 6.75. The first-order valence-corrected chi connectivity index (χ1v) is 5.99. The van der Waals surface area contributed by atoms with Crippen molar-refractivity contribution in [2.45, 2.75) is 10.9 Å². The number of hydrogen-bond acceptors (Lipinski definition) is 6. The Morgan fingerprint density at radius 1 is 1.18 bits per heavy atom. The second-order valence-corrected chi connectivity index (χ2v) is 4.18. The summed E-state index contributed by atoms with van der Waals surface area (Å²) in [5, 5.41) is 0.568. The third kappa shape index (κ3) is 3.32. The highest BCUT2D eigenvalue weighted by Gasteiger charge is 2.05. The molecule has 6 heteroatoms. The molecule has 0 aliphatic rings. The normalized spacial score (nSPS) is 10.2. The Morgan fingerprint density at radius 2 is 1.94 bits per heavy atom. The Labute approximate surface area is 103 Å². The van der Waals surface area contributed by atoms with Crippen molar-refractivity contribution in [2.24, 2.45) is 0 Å². The van der Waals surface area contributed by atoms with Crippen LogP contribution >= 0.6 is 11.8 Å². The number of aromatic nitrogens is 3. The van der Waals surface area contributed by atoms with Crippen molar-refractivity contribution in [1.82, 2.24) is 15.0 Å². The standard InChI is InChI=1S/C11H12N4OS/c1-16-10-13-9(12)14-11(15-10)17-7-8-5-3-2-4-6-8/h2-6H,7H2,1H3,(H2,12,13,14,15). The molecule has 0 atom stereocenters. The summed E-state index contributed by atoms with van der Waals surface area (Å²) in [4.78, 5) is 12.0. The van der Waals surface area contributed by atoms with E-state index in [0.29, 0.717) is 5.16 Å². The predicted octanol–water partition coefficient (Wildman–Crippen LogP) is 1.75. The fourth-order valence-electron chi connectivity index (χ4n) is 1.23. The van der Waals surface area contributed by atoms with Crippen LogP contribution in [-0.2, 0) is 5.75 Å². The average Bonchev–Trinajstić information content (AvgIpc) is 2.37. The van der Waals surface area contributed by atoms with Crippen LogP contribution in [0.4, 0.5) is 5.95 Å².